The number of benzene rings is 1. The molecule has 176 valence electrons. The first-order valence-electron chi connectivity index (χ1n) is 10.5. The van der Waals surface area contributed by atoms with Gasteiger partial charge in [0.05, 0.1) is 5.56 Å². The van der Waals surface area contributed by atoms with Crippen LogP contribution in [0.3, 0.4) is 0 Å². The molecule has 0 atom stereocenters. The molecule has 0 unspecified atom stereocenters. The molecule has 0 spiro atoms. The molecule has 0 saturated carbocycles. The zero-order valence-electron chi connectivity index (χ0n) is 18.8. The van der Waals surface area contributed by atoms with E-state index in [0.717, 1.165) is 16.9 Å². The smallest absolute Gasteiger partial charge is 0.281 e. The largest absolute Gasteiger partial charge is 0.383 e. The van der Waals surface area contributed by atoms with E-state index < -0.39 is 10.2 Å². The molecular weight excluding hydrogens is 474 g/mol. The van der Waals surface area contributed by atoms with Gasteiger partial charge in [-0.2, -0.15) is 17.0 Å². The Morgan fingerprint density at radius 3 is 2.29 bits per heavy atom. The summed E-state index contributed by atoms with van der Waals surface area (Å²) in [5.41, 5.74) is 8.82. The van der Waals surface area contributed by atoms with Crippen molar-refractivity contribution in [2.75, 3.05) is 50.9 Å². The van der Waals surface area contributed by atoms with Gasteiger partial charge in [-0.15, -0.1) is 0 Å². The summed E-state index contributed by atoms with van der Waals surface area (Å²) < 4.78 is 27.3. The number of rotatable bonds is 4. The van der Waals surface area contributed by atoms with Crippen molar-refractivity contribution in [3.05, 3.63) is 65.2 Å². The lowest BCUT2D eigenvalue weighted by Crippen LogP contribution is -2.51. The second-order valence-corrected chi connectivity index (χ2v) is 10.4. The molecule has 0 radical (unpaired) electrons. The third-order valence-corrected chi connectivity index (χ3v) is 7.63. The second-order valence-electron chi connectivity index (χ2n) is 7.82. The maximum absolute atomic E-state index is 12.3. The summed E-state index contributed by atoms with van der Waals surface area (Å²) in [5.74, 6) is 7.27. The van der Waals surface area contributed by atoms with Crippen molar-refractivity contribution in [1.29, 1.82) is 0 Å². The molecule has 2 aromatic heterocycles. The van der Waals surface area contributed by atoms with Crippen LogP contribution < -0.4 is 10.6 Å². The Morgan fingerprint density at radius 2 is 1.68 bits per heavy atom. The fourth-order valence-electron chi connectivity index (χ4n) is 3.55. The van der Waals surface area contributed by atoms with Crippen molar-refractivity contribution in [3.8, 4) is 23.0 Å². The van der Waals surface area contributed by atoms with Crippen molar-refractivity contribution in [2.24, 2.45) is 0 Å². The highest BCUT2D eigenvalue weighted by Crippen LogP contribution is 2.27. The molecule has 3 aromatic rings. The van der Waals surface area contributed by atoms with E-state index in [0.29, 0.717) is 48.3 Å². The number of nitrogens with zero attached hydrogens (tertiary/aromatic N) is 6. The third-order valence-electron chi connectivity index (χ3n) is 5.43. The number of pyridine rings is 1. The third kappa shape index (κ3) is 5.13. The predicted molar refractivity (Wildman–Crippen MR) is 134 cm³/mol. The summed E-state index contributed by atoms with van der Waals surface area (Å²) in [6, 6.07) is 11.0. The maximum Gasteiger partial charge on any atom is 0.281 e. The molecule has 2 N–H and O–H groups in total. The number of hydrogen-bond donors (Lipinski definition) is 1. The summed E-state index contributed by atoms with van der Waals surface area (Å²) in [5, 5.41) is 0.624. The molecule has 1 aliphatic rings. The molecule has 4 rings (SSSR count). The van der Waals surface area contributed by atoms with Gasteiger partial charge < -0.3 is 10.6 Å². The average molecular weight is 498 g/mol. The molecule has 34 heavy (non-hydrogen) atoms. The van der Waals surface area contributed by atoms with E-state index in [9.17, 15) is 8.42 Å². The molecule has 1 aromatic carbocycles. The van der Waals surface area contributed by atoms with Gasteiger partial charge in [-0.05, 0) is 35.7 Å². The van der Waals surface area contributed by atoms with Crippen LogP contribution in [0, 0.1) is 11.8 Å². The van der Waals surface area contributed by atoms with Crippen molar-refractivity contribution in [2.45, 2.75) is 0 Å². The Morgan fingerprint density at radius 1 is 0.971 bits per heavy atom. The summed E-state index contributed by atoms with van der Waals surface area (Å²) in [6.45, 7) is 1.95. The topological polar surface area (TPSA) is 109 Å². The Hall–Kier alpha value is -3.23. The van der Waals surface area contributed by atoms with Gasteiger partial charge in [0, 0.05) is 57.1 Å². The van der Waals surface area contributed by atoms with Gasteiger partial charge in [0.25, 0.3) is 10.2 Å². The van der Waals surface area contributed by atoms with Crippen molar-refractivity contribution >= 4 is 33.4 Å². The van der Waals surface area contributed by atoms with Gasteiger partial charge in [0.15, 0.2) is 0 Å². The number of nitrogens with two attached hydrogens (primary N) is 1. The average Bonchev–Trinajstić information content (AvgIpc) is 2.84. The summed E-state index contributed by atoms with van der Waals surface area (Å²) in [6.07, 6.45) is 3.08. The second kappa shape index (κ2) is 9.95. The van der Waals surface area contributed by atoms with Crippen LogP contribution in [-0.4, -0.2) is 72.3 Å². The monoisotopic (exact) mass is 497 g/mol. The Bertz CT molecular complexity index is 1330. The molecule has 1 saturated heterocycles. The van der Waals surface area contributed by atoms with Gasteiger partial charge in [-0.1, -0.05) is 29.7 Å². The van der Waals surface area contributed by atoms with Crippen LogP contribution in [0.15, 0.2) is 48.9 Å². The Labute approximate surface area is 204 Å². The van der Waals surface area contributed by atoms with Crippen LogP contribution in [-0.2, 0) is 10.2 Å². The molecule has 0 aliphatic carbocycles. The van der Waals surface area contributed by atoms with Crippen LogP contribution in [0.4, 0.5) is 11.6 Å². The lowest BCUT2D eigenvalue weighted by Gasteiger charge is -2.35. The highest BCUT2D eigenvalue weighted by Gasteiger charge is 2.28. The number of anilines is 2. The Kier molecular flexibility index (Phi) is 7.00. The number of halogens is 1. The quantitative estimate of drug-likeness (QED) is 0.550. The maximum atomic E-state index is 12.3. The van der Waals surface area contributed by atoms with E-state index in [1.807, 2.05) is 24.3 Å². The number of nitrogen functional groups attached to an aromatic ring is 1. The molecular formula is C23H24ClN7O2S. The van der Waals surface area contributed by atoms with E-state index in [4.69, 9.17) is 17.3 Å². The summed E-state index contributed by atoms with van der Waals surface area (Å²) >= 11 is 6.00. The molecule has 0 amide bonds. The zero-order chi connectivity index (χ0) is 24.3. The lowest BCUT2D eigenvalue weighted by molar-refractivity contribution is 0.355. The minimum atomic E-state index is -3.40. The standard InChI is InChI=1S/C23H24ClN7O2S/c1-29(2)34(32,33)31-13-11-30(12-14-31)21-10-4-17(15-26-21)3-9-20-22(23(25)28-16-27-20)18-5-7-19(24)8-6-18/h4-8,10,15-16H,11-14H2,1-2H3,(H2,25,27,28). The van der Waals surface area contributed by atoms with E-state index in [-0.39, 0.29) is 0 Å². The normalized spacial score (nSPS) is 14.6. The molecule has 1 fully saturated rings. The molecule has 1 aliphatic heterocycles. The summed E-state index contributed by atoms with van der Waals surface area (Å²) in [4.78, 5) is 15.0. The van der Waals surface area contributed by atoms with Gasteiger partial charge in [-0.3, -0.25) is 0 Å². The lowest BCUT2D eigenvalue weighted by atomic mass is 10.0. The molecule has 11 heteroatoms. The fraction of sp³-hybridized carbons (Fsp3) is 0.261. The number of piperazine rings is 1. The first-order chi connectivity index (χ1) is 16.3. The molecule has 0 bridgehead atoms. The molecule has 3 heterocycles. The highest BCUT2D eigenvalue weighted by atomic mass is 35.5. The zero-order valence-corrected chi connectivity index (χ0v) is 20.4. The Balaban J connectivity index is 1.49. The van der Waals surface area contributed by atoms with Crippen LogP contribution in [0.1, 0.15) is 11.3 Å². The van der Waals surface area contributed by atoms with Gasteiger partial charge in [0.1, 0.15) is 23.7 Å². The first-order valence-corrected chi connectivity index (χ1v) is 12.3. The van der Waals surface area contributed by atoms with E-state index in [1.165, 1.54) is 29.0 Å². The molecule has 9 nitrogen and oxygen atoms in total. The first kappa shape index (κ1) is 23.9. The van der Waals surface area contributed by atoms with Gasteiger partial charge >= 0.3 is 0 Å². The minimum absolute atomic E-state index is 0.338. The highest BCUT2D eigenvalue weighted by molar-refractivity contribution is 7.86. The van der Waals surface area contributed by atoms with Crippen molar-refractivity contribution in [1.82, 2.24) is 23.6 Å². The van der Waals surface area contributed by atoms with Crippen LogP contribution in [0.5, 0.6) is 0 Å². The van der Waals surface area contributed by atoms with Crippen LogP contribution in [0.25, 0.3) is 11.1 Å². The number of aromatic nitrogens is 3. The summed E-state index contributed by atoms with van der Waals surface area (Å²) in [7, 11) is -0.322. The van der Waals surface area contributed by atoms with Crippen molar-refractivity contribution in [3.63, 3.8) is 0 Å². The minimum Gasteiger partial charge on any atom is -0.383 e. The van der Waals surface area contributed by atoms with E-state index >= 15 is 0 Å². The van der Waals surface area contributed by atoms with E-state index in [1.54, 1.807) is 18.3 Å². The SMILES string of the molecule is CN(C)S(=O)(=O)N1CCN(c2ccc(C#Cc3ncnc(N)c3-c3ccc(Cl)cc3)cn2)CC1. The number of hydrogen-bond acceptors (Lipinski definition) is 7. The van der Waals surface area contributed by atoms with Gasteiger partial charge in [-0.25, -0.2) is 15.0 Å². The van der Waals surface area contributed by atoms with Crippen molar-refractivity contribution < 1.29 is 8.42 Å². The van der Waals surface area contributed by atoms with Crippen LogP contribution in [0.2, 0.25) is 5.02 Å². The van der Waals surface area contributed by atoms with E-state index in [2.05, 4.69) is 31.7 Å². The fourth-order valence-corrected chi connectivity index (χ4v) is 4.77. The van der Waals surface area contributed by atoms with Gasteiger partial charge in [0.2, 0.25) is 0 Å². The van der Waals surface area contributed by atoms with Crippen LogP contribution >= 0.6 is 11.6 Å². The predicted octanol–water partition coefficient (Wildman–Crippen LogP) is 2.10.